The Hall–Kier alpha value is -0.590. The summed E-state index contributed by atoms with van der Waals surface area (Å²) in [6.45, 7) is 2.67. The monoisotopic (exact) mass is 317 g/mol. The van der Waals surface area contributed by atoms with Gasteiger partial charge in [-0.05, 0) is 92.3 Å². The molecule has 0 bridgehead atoms. The highest BCUT2D eigenvalue weighted by atomic mass is 16.3. The molecule has 2 N–H and O–H groups in total. The van der Waals surface area contributed by atoms with Gasteiger partial charge in [-0.3, -0.25) is 0 Å². The number of nitrogens with zero attached hydrogens (tertiary/aromatic N) is 1. The van der Waals surface area contributed by atoms with Gasteiger partial charge < -0.3 is 10.2 Å². The number of hydrogen-bond donors (Lipinski definition) is 2. The van der Waals surface area contributed by atoms with E-state index in [2.05, 4.69) is 13.0 Å². The molecule has 3 heteroatoms. The first-order valence-electron chi connectivity index (χ1n) is 9.73. The Labute approximate surface area is 140 Å². The molecule has 128 valence electrons. The number of nitriles is 1. The number of rotatable bonds is 1. The topological polar surface area (TPSA) is 64.2 Å². The fourth-order valence-corrected chi connectivity index (χ4v) is 7.55. The summed E-state index contributed by atoms with van der Waals surface area (Å²) < 4.78 is 0. The summed E-state index contributed by atoms with van der Waals surface area (Å²) in [4.78, 5) is 0. The van der Waals surface area contributed by atoms with Crippen molar-refractivity contribution in [3.8, 4) is 6.07 Å². The van der Waals surface area contributed by atoms with E-state index < -0.39 is 0 Å². The van der Waals surface area contributed by atoms with Crippen LogP contribution in [0.1, 0.15) is 64.7 Å². The van der Waals surface area contributed by atoms with Crippen molar-refractivity contribution in [3.05, 3.63) is 0 Å². The third kappa shape index (κ3) is 2.07. The van der Waals surface area contributed by atoms with E-state index in [-0.39, 0.29) is 22.9 Å². The largest absolute Gasteiger partial charge is 0.396 e. The zero-order chi connectivity index (χ0) is 16.2. The van der Waals surface area contributed by atoms with Crippen LogP contribution in [0.5, 0.6) is 0 Å². The van der Waals surface area contributed by atoms with Gasteiger partial charge in [-0.2, -0.15) is 5.26 Å². The molecule has 0 spiro atoms. The second-order valence-electron chi connectivity index (χ2n) is 9.27. The molecule has 0 amide bonds. The van der Waals surface area contributed by atoms with Gasteiger partial charge >= 0.3 is 0 Å². The Bertz CT molecular complexity index is 514. The quantitative estimate of drug-likeness (QED) is 0.778. The van der Waals surface area contributed by atoms with Gasteiger partial charge in [-0.15, -0.1) is 0 Å². The summed E-state index contributed by atoms with van der Waals surface area (Å²) in [6, 6.07) is 2.60. The smallest absolute Gasteiger partial charge is 0.0661 e. The molecule has 4 saturated carbocycles. The van der Waals surface area contributed by atoms with Gasteiger partial charge in [0.15, 0.2) is 0 Å². The highest BCUT2D eigenvalue weighted by Gasteiger charge is 2.61. The van der Waals surface area contributed by atoms with Crippen molar-refractivity contribution in [3.63, 3.8) is 0 Å². The van der Waals surface area contributed by atoms with E-state index >= 15 is 0 Å². The number of hydrogen-bond acceptors (Lipinski definition) is 3. The van der Waals surface area contributed by atoms with Crippen LogP contribution in [0.4, 0.5) is 0 Å². The molecule has 3 nitrogen and oxygen atoms in total. The van der Waals surface area contributed by atoms with Gasteiger partial charge in [0, 0.05) is 6.61 Å². The van der Waals surface area contributed by atoms with E-state index in [9.17, 15) is 15.5 Å². The number of aliphatic hydroxyl groups is 2. The van der Waals surface area contributed by atoms with Gasteiger partial charge in [0.2, 0.25) is 0 Å². The minimum Gasteiger partial charge on any atom is -0.396 e. The first kappa shape index (κ1) is 15.9. The van der Waals surface area contributed by atoms with E-state index in [1.54, 1.807) is 0 Å². The lowest BCUT2D eigenvalue weighted by molar-refractivity contribution is -0.151. The van der Waals surface area contributed by atoms with Crippen LogP contribution in [0, 0.1) is 51.8 Å². The maximum absolute atomic E-state index is 10.4. The summed E-state index contributed by atoms with van der Waals surface area (Å²) in [6.07, 6.45) is 9.67. The molecule has 4 rings (SSSR count). The summed E-state index contributed by atoms with van der Waals surface area (Å²) in [7, 11) is 0. The molecule has 0 saturated heterocycles. The Balaban J connectivity index is 1.65. The van der Waals surface area contributed by atoms with Gasteiger partial charge in [0.25, 0.3) is 0 Å². The predicted octanol–water partition coefficient (Wildman–Crippen LogP) is 3.50. The summed E-state index contributed by atoms with van der Waals surface area (Å²) in [5, 5.41) is 30.0. The van der Waals surface area contributed by atoms with Crippen LogP contribution in [0.3, 0.4) is 0 Å². The lowest BCUT2D eigenvalue weighted by Gasteiger charge is -2.61. The molecule has 7 unspecified atom stereocenters. The Morgan fingerprint density at radius 2 is 1.87 bits per heavy atom. The third-order valence-corrected chi connectivity index (χ3v) is 8.79. The second-order valence-corrected chi connectivity index (χ2v) is 9.27. The maximum Gasteiger partial charge on any atom is 0.0661 e. The van der Waals surface area contributed by atoms with Crippen molar-refractivity contribution >= 4 is 0 Å². The van der Waals surface area contributed by atoms with E-state index in [1.165, 1.54) is 25.7 Å². The van der Waals surface area contributed by atoms with Gasteiger partial charge in [-0.1, -0.05) is 6.92 Å². The zero-order valence-corrected chi connectivity index (χ0v) is 14.4. The van der Waals surface area contributed by atoms with Gasteiger partial charge in [-0.25, -0.2) is 0 Å². The molecule has 0 aromatic heterocycles. The van der Waals surface area contributed by atoms with Crippen molar-refractivity contribution < 1.29 is 10.2 Å². The molecule has 0 aromatic carbocycles. The van der Waals surface area contributed by atoms with Crippen molar-refractivity contribution in [1.82, 2.24) is 0 Å². The molecule has 23 heavy (non-hydrogen) atoms. The molecule has 0 radical (unpaired) electrons. The molecule has 0 heterocycles. The van der Waals surface area contributed by atoms with Crippen molar-refractivity contribution in [2.75, 3.05) is 6.61 Å². The number of fused-ring (bicyclic) bond motifs is 5. The average Bonchev–Trinajstić information content (AvgIpc) is 2.90. The van der Waals surface area contributed by atoms with E-state index in [1.807, 2.05) is 0 Å². The van der Waals surface area contributed by atoms with Crippen LogP contribution in [0.2, 0.25) is 0 Å². The van der Waals surface area contributed by atoms with Crippen LogP contribution in [-0.2, 0) is 0 Å². The Morgan fingerprint density at radius 3 is 2.61 bits per heavy atom. The molecular formula is C20H31NO2. The molecule has 0 aromatic rings. The highest BCUT2D eigenvalue weighted by molar-refractivity contribution is 5.13. The van der Waals surface area contributed by atoms with Crippen LogP contribution in [-0.4, -0.2) is 22.9 Å². The van der Waals surface area contributed by atoms with Crippen LogP contribution in [0.25, 0.3) is 0 Å². The van der Waals surface area contributed by atoms with E-state index in [4.69, 9.17) is 0 Å². The Kier molecular flexibility index (Phi) is 3.78. The molecular weight excluding hydrogens is 286 g/mol. The number of aliphatic hydroxyl groups excluding tert-OH is 2. The predicted molar refractivity (Wildman–Crippen MR) is 88.2 cm³/mol. The third-order valence-electron chi connectivity index (χ3n) is 8.79. The van der Waals surface area contributed by atoms with E-state index in [0.29, 0.717) is 30.3 Å². The summed E-state index contributed by atoms with van der Waals surface area (Å²) in [5.41, 5.74) is 0.280. The summed E-state index contributed by atoms with van der Waals surface area (Å²) >= 11 is 0. The molecule has 4 aliphatic rings. The van der Waals surface area contributed by atoms with Crippen molar-refractivity contribution in [1.29, 1.82) is 5.26 Å². The van der Waals surface area contributed by atoms with Gasteiger partial charge in [0.1, 0.15) is 0 Å². The van der Waals surface area contributed by atoms with Crippen LogP contribution < -0.4 is 0 Å². The minimum atomic E-state index is -0.153. The maximum atomic E-state index is 10.4. The molecule has 0 aliphatic heterocycles. The average molecular weight is 317 g/mol. The SMILES string of the molecule is CC12CCC3C(CCC4C[C@H](O)CCC43CO)C1CCC2C#N. The first-order valence-corrected chi connectivity index (χ1v) is 9.73. The zero-order valence-electron chi connectivity index (χ0n) is 14.4. The Morgan fingerprint density at radius 1 is 1.04 bits per heavy atom. The van der Waals surface area contributed by atoms with E-state index in [0.717, 1.165) is 32.1 Å². The molecule has 4 aliphatic carbocycles. The van der Waals surface area contributed by atoms with Crippen LogP contribution in [0.15, 0.2) is 0 Å². The second kappa shape index (κ2) is 5.46. The van der Waals surface area contributed by atoms with Gasteiger partial charge in [0.05, 0.1) is 18.1 Å². The van der Waals surface area contributed by atoms with Crippen LogP contribution >= 0.6 is 0 Å². The summed E-state index contributed by atoms with van der Waals surface area (Å²) in [5.74, 6) is 2.75. The fraction of sp³-hybridized carbons (Fsp3) is 0.950. The molecule has 8 atom stereocenters. The lowest BCUT2D eigenvalue weighted by Crippen LogP contribution is -2.56. The lowest BCUT2D eigenvalue weighted by atomic mass is 9.44. The standard InChI is InChI=1S/C20H31NO2/c1-19-8-7-18-16(17(19)5-3-14(19)11-21)4-2-13-10-15(23)6-9-20(13,18)12-22/h13-18,22-23H,2-10,12H2,1H3/t13?,14?,15-,16?,17?,18?,19?,20?/m1/s1. The van der Waals surface area contributed by atoms with Crippen molar-refractivity contribution in [2.24, 2.45) is 40.4 Å². The normalized spacial score (nSPS) is 55.4. The fourth-order valence-electron chi connectivity index (χ4n) is 7.55. The first-order chi connectivity index (χ1) is 11.0. The minimum absolute atomic E-state index is 0.0637. The molecule has 4 fully saturated rings. The highest BCUT2D eigenvalue weighted by Crippen LogP contribution is 2.67. The van der Waals surface area contributed by atoms with Crippen molar-refractivity contribution in [2.45, 2.75) is 70.8 Å².